The molecule has 1 aliphatic heterocycles. The van der Waals surface area contributed by atoms with E-state index in [1.807, 2.05) is 6.07 Å². The molecule has 0 fully saturated rings. The second-order valence-electron chi connectivity index (χ2n) is 6.20. The van der Waals surface area contributed by atoms with E-state index in [2.05, 4.69) is 4.74 Å². The summed E-state index contributed by atoms with van der Waals surface area (Å²) in [6, 6.07) is 10.4. The molecule has 0 unspecified atom stereocenters. The van der Waals surface area contributed by atoms with Crippen molar-refractivity contribution in [3.8, 4) is 5.75 Å². The van der Waals surface area contributed by atoms with Gasteiger partial charge in [0.2, 0.25) is 0 Å². The Bertz CT molecular complexity index is 957. The summed E-state index contributed by atoms with van der Waals surface area (Å²) in [6.45, 7) is 2.29. The van der Waals surface area contributed by atoms with Crippen LogP contribution in [0.3, 0.4) is 0 Å². The van der Waals surface area contributed by atoms with Crippen LogP contribution in [0.5, 0.6) is 5.75 Å². The Morgan fingerprint density at radius 1 is 1.14 bits per heavy atom. The SMILES string of the molecule is CCOC(=O)/C=C/c1ccc2c(c1)C(=O)c1cc(CC(=O)OC)ccc1OC2. The molecule has 6 nitrogen and oxygen atoms in total. The molecule has 0 spiro atoms. The van der Waals surface area contributed by atoms with Crippen LogP contribution >= 0.6 is 0 Å². The lowest BCUT2D eigenvalue weighted by Gasteiger charge is -2.08. The van der Waals surface area contributed by atoms with Crippen molar-refractivity contribution in [2.75, 3.05) is 13.7 Å². The van der Waals surface area contributed by atoms with E-state index in [1.165, 1.54) is 13.2 Å². The highest BCUT2D eigenvalue weighted by molar-refractivity contribution is 6.12. The summed E-state index contributed by atoms with van der Waals surface area (Å²) in [6.07, 6.45) is 3.00. The first-order valence-electron chi connectivity index (χ1n) is 8.86. The normalized spacial score (nSPS) is 12.6. The standard InChI is InChI=1S/C22H20O6/c1-3-27-20(23)9-6-14-4-7-16-13-28-19-8-5-15(12-21(24)26-2)11-18(19)22(25)17(16)10-14/h4-11H,3,12-13H2,1-2H3/b9-6+. The molecule has 6 heteroatoms. The van der Waals surface area contributed by atoms with Crippen molar-refractivity contribution in [2.45, 2.75) is 20.0 Å². The number of esters is 2. The molecule has 3 rings (SSSR count). The summed E-state index contributed by atoms with van der Waals surface area (Å²) in [7, 11) is 1.32. The minimum absolute atomic E-state index is 0.0756. The number of carbonyl (C=O) groups is 3. The third-order valence-corrected chi connectivity index (χ3v) is 4.32. The van der Waals surface area contributed by atoms with Crippen LogP contribution in [0.1, 0.15) is 39.5 Å². The van der Waals surface area contributed by atoms with Gasteiger partial charge in [0.05, 0.1) is 25.7 Å². The highest BCUT2D eigenvalue weighted by atomic mass is 16.5. The van der Waals surface area contributed by atoms with Crippen LogP contribution in [-0.4, -0.2) is 31.4 Å². The number of ketones is 1. The molecule has 1 heterocycles. The maximum absolute atomic E-state index is 13.1. The molecule has 0 amide bonds. The number of hydrogen-bond donors (Lipinski definition) is 0. The summed E-state index contributed by atoms with van der Waals surface area (Å²) in [5.41, 5.74) is 3.02. The molecule has 0 bridgehead atoms. The Labute approximate surface area is 162 Å². The zero-order chi connectivity index (χ0) is 20.1. The molecule has 1 aliphatic rings. The second kappa shape index (κ2) is 8.52. The van der Waals surface area contributed by atoms with Gasteiger partial charge in [-0.1, -0.05) is 18.2 Å². The number of methoxy groups -OCH3 is 1. The van der Waals surface area contributed by atoms with Crippen LogP contribution < -0.4 is 4.74 Å². The average molecular weight is 380 g/mol. The molecule has 2 aromatic rings. The number of ether oxygens (including phenoxy) is 3. The summed E-state index contributed by atoms with van der Waals surface area (Å²) in [4.78, 5) is 36.2. The predicted octanol–water partition coefficient (Wildman–Crippen LogP) is 3.10. The number of fused-ring (bicyclic) bond motifs is 2. The van der Waals surface area contributed by atoms with Gasteiger partial charge in [0.15, 0.2) is 5.78 Å². The highest BCUT2D eigenvalue weighted by Gasteiger charge is 2.23. The van der Waals surface area contributed by atoms with Crippen LogP contribution in [0, 0.1) is 0 Å². The quantitative estimate of drug-likeness (QED) is 0.586. The van der Waals surface area contributed by atoms with Crippen molar-refractivity contribution in [3.63, 3.8) is 0 Å². The molecule has 0 N–H and O–H groups in total. The molecule has 0 aromatic heterocycles. The summed E-state index contributed by atoms with van der Waals surface area (Å²) < 4.78 is 15.3. The van der Waals surface area contributed by atoms with Crippen LogP contribution in [0.15, 0.2) is 42.5 Å². The molecule has 0 atom stereocenters. The van der Waals surface area contributed by atoms with Gasteiger partial charge < -0.3 is 14.2 Å². The van der Waals surface area contributed by atoms with Crippen molar-refractivity contribution < 1.29 is 28.6 Å². The second-order valence-corrected chi connectivity index (χ2v) is 6.20. The minimum atomic E-state index is -0.440. The van der Waals surface area contributed by atoms with E-state index in [0.29, 0.717) is 34.6 Å². The van der Waals surface area contributed by atoms with E-state index in [4.69, 9.17) is 9.47 Å². The Hall–Kier alpha value is -3.41. The smallest absolute Gasteiger partial charge is 0.330 e. The highest BCUT2D eigenvalue weighted by Crippen LogP contribution is 2.30. The van der Waals surface area contributed by atoms with Gasteiger partial charge >= 0.3 is 11.9 Å². The zero-order valence-electron chi connectivity index (χ0n) is 15.7. The molecule has 0 saturated carbocycles. The van der Waals surface area contributed by atoms with E-state index < -0.39 is 5.97 Å². The maximum Gasteiger partial charge on any atom is 0.330 e. The van der Waals surface area contributed by atoms with Crippen molar-refractivity contribution in [1.82, 2.24) is 0 Å². The lowest BCUT2D eigenvalue weighted by atomic mass is 9.95. The van der Waals surface area contributed by atoms with Gasteiger partial charge in [-0.2, -0.15) is 0 Å². The molecule has 28 heavy (non-hydrogen) atoms. The topological polar surface area (TPSA) is 78.9 Å². The summed E-state index contributed by atoms with van der Waals surface area (Å²) in [5, 5.41) is 0. The fourth-order valence-electron chi connectivity index (χ4n) is 2.92. The van der Waals surface area contributed by atoms with Crippen molar-refractivity contribution in [2.24, 2.45) is 0 Å². The number of carbonyl (C=O) groups excluding carboxylic acids is 3. The first-order valence-corrected chi connectivity index (χ1v) is 8.86. The van der Waals surface area contributed by atoms with Gasteiger partial charge in [0, 0.05) is 17.2 Å². The fraction of sp³-hybridized carbons (Fsp3) is 0.227. The van der Waals surface area contributed by atoms with E-state index in [-0.39, 0.29) is 24.8 Å². The van der Waals surface area contributed by atoms with Crippen LogP contribution in [-0.2, 0) is 32.1 Å². The van der Waals surface area contributed by atoms with Gasteiger partial charge in [-0.25, -0.2) is 4.79 Å². The minimum Gasteiger partial charge on any atom is -0.488 e. The lowest BCUT2D eigenvalue weighted by molar-refractivity contribution is -0.140. The van der Waals surface area contributed by atoms with E-state index >= 15 is 0 Å². The zero-order valence-corrected chi connectivity index (χ0v) is 15.7. The third kappa shape index (κ3) is 4.28. The van der Waals surface area contributed by atoms with Gasteiger partial charge in [0.25, 0.3) is 0 Å². The Balaban J connectivity index is 1.93. The molecule has 144 valence electrons. The van der Waals surface area contributed by atoms with Crippen LogP contribution in [0.4, 0.5) is 0 Å². The van der Waals surface area contributed by atoms with Crippen molar-refractivity contribution in [3.05, 3.63) is 70.3 Å². The Kier molecular flexibility index (Phi) is 5.89. The monoisotopic (exact) mass is 380 g/mol. The van der Waals surface area contributed by atoms with E-state index in [0.717, 1.165) is 5.56 Å². The van der Waals surface area contributed by atoms with Crippen molar-refractivity contribution in [1.29, 1.82) is 0 Å². The molecule has 0 saturated heterocycles. The van der Waals surface area contributed by atoms with Crippen molar-refractivity contribution >= 4 is 23.8 Å². The number of hydrogen-bond acceptors (Lipinski definition) is 6. The summed E-state index contributed by atoms with van der Waals surface area (Å²) >= 11 is 0. The first kappa shape index (κ1) is 19.4. The number of benzene rings is 2. The third-order valence-electron chi connectivity index (χ3n) is 4.32. The maximum atomic E-state index is 13.1. The van der Waals surface area contributed by atoms with E-state index in [9.17, 15) is 14.4 Å². The van der Waals surface area contributed by atoms with Gasteiger partial charge in [-0.15, -0.1) is 0 Å². The largest absolute Gasteiger partial charge is 0.488 e. The van der Waals surface area contributed by atoms with Gasteiger partial charge in [-0.3, -0.25) is 9.59 Å². The predicted molar refractivity (Wildman–Crippen MR) is 102 cm³/mol. The van der Waals surface area contributed by atoms with Crippen LogP contribution in [0.25, 0.3) is 6.08 Å². The molecular formula is C22H20O6. The fourth-order valence-corrected chi connectivity index (χ4v) is 2.92. The molecule has 2 aromatic carbocycles. The molecule has 0 aliphatic carbocycles. The molecule has 0 radical (unpaired) electrons. The van der Waals surface area contributed by atoms with Crippen LogP contribution in [0.2, 0.25) is 0 Å². The first-order chi connectivity index (χ1) is 13.5. The van der Waals surface area contributed by atoms with E-state index in [1.54, 1.807) is 43.3 Å². The van der Waals surface area contributed by atoms with Gasteiger partial charge in [-0.05, 0) is 42.3 Å². The average Bonchev–Trinajstić information content (AvgIpc) is 2.83. The van der Waals surface area contributed by atoms with Gasteiger partial charge in [0.1, 0.15) is 12.4 Å². The Morgan fingerprint density at radius 2 is 1.96 bits per heavy atom. The summed E-state index contributed by atoms with van der Waals surface area (Å²) in [5.74, 6) is -0.544. The number of rotatable bonds is 5. The Morgan fingerprint density at radius 3 is 2.71 bits per heavy atom. The molecular weight excluding hydrogens is 360 g/mol. The lowest BCUT2D eigenvalue weighted by Crippen LogP contribution is -2.07.